The van der Waals surface area contributed by atoms with Gasteiger partial charge in [0.25, 0.3) is 0 Å². The number of piperidine rings is 1. The maximum Gasteiger partial charge on any atom is 0.306 e. The van der Waals surface area contributed by atoms with Gasteiger partial charge in [0, 0.05) is 20.0 Å². The first-order chi connectivity index (χ1) is 7.09. The van der Waals surface area contributed by atoms with Gasteiger partial charge in [0.05, 0.1) is 5.92 Å². The lowest BCUT2D eigenvalue weighted by molar-refractivity contribution is -0.139. The van der Waals surface area contributed by atoms with Crippen molar-refractivity contribution in [3.05, 3.63) is 0 Å². The van der Waals surface area contributed by atoms with E-state index >= 15 is 0 Å². The van der Waals surface area contributed by atoms with E-state index in [1.807, 2.05) is 4.90 Å². The molecule has 1 saturated carbocycles. The molecular formula is C11H17NO3. The van der Waals surface area contributed by atoms with Gasteiger partial charge in [-0.15, -0.1) is 0 Å². The van der Waals surface area contributed by atoms with Crippen LogP contribution in [0.1, 0.15) is 26.2 Å². The number of nitrogens with zero attached hydrogens (tertiary/aromatic N) is 1. The molecule has 0 spiro atoms. The van der Waals surface area contributed by atoms with Crippen LogP contribution in [0.15, 0.2) is 0 Å². The second kappa shape index (κ2) is 3.83. The summed E-state index contributed by atoms with van der Waals surface area (Å²) in [7, 11) is 0. The zero-order chi connectivity index (χ0) is 11.0. The molecule has 2 atom stereocenters. The van der Waals surface area contributed by atoms with Crippen LogP contribution in [0, 0.1) is 17.8 Å². The molecule has 1 saturated heterocycles. The number of carboxylic acid groups (broad SMARTS) is 1. The first-order valence-electron chi connectivity index (χ1n) is 5.58. The average Bonchev–Trinajstić information content (AvgIpc) is 2.97. The number of carbonyl (C=O) groups excluding carboxylic acids is 1. The summed E-state index contributed by atoms with van der Waals surface area (Å²) in [4.78, 5) is 23.7. The van der Waals surface area contributed by atoms with Crippen molar-refractivity contribution in [1.29, 1.82) is 0 Å². The maximum absolute atomic E-state index is 11.1. The highest BCUT2D eigenvalue weighted by molar-refractivity contribution is 5.74. The molecule has 0 bridgehead atoms. The van der Waals surface area contributed by atoms with Gasteiger partial charge < -0.3 is 10.0 Å². The Hall–Kier alpha value is -1.06. The Morgan fingerprint density at radius 2 is 1.87 bits per heavy atom. The molecule has 84 valence electrons. The Morgan fingerprint density at radius 3 is 2.27 bits per heavy atom. The summed E-state index contributed by atoms with van der Waals surface area (Å²) in [6.45, 7) is 3.21. The Kier molecular flexibility index (Phi) is 2.67. The molecular weight excluding hydrogens is 194 g/mol. The highest BCUT2D eigenvalue weighted by Gasteiger charge is 2.48. The third-order valence-electron chi connectivity index (χ3n) is 3.75. The van der Waals surface area contributed by atoms with Crippen LogP contribution in [0.5, 0.6) is 0 Å². The summed E-state index contributed by atoms with van der Waals surface area (Å²) in [5.41, 5.74) is 0. The van der Waals surface area contributed by atoms with Crippen LogP contribution in [0.3, 0.4) is 0 Å². The van der Waals surface area contributed by atoms with Gasteiger partial charge >= 0.3 is 5.97 Å². The van der Waals surface area contributed by atoms with E-state index in [2.05, 4.69) is 0 Å². The molecule has 1 N–H and O–H groups in total. The molecule has 2 aliphatic rings. The van der Waals surface area contributed by atoms with Crippen molar-refractivity contribution in [1.82, 2.24) is 4.90 Å². The standard InChI is InChI=1S/C11H17NO3/c1-7(13)12-4-2-8(3-5-12)9-6-10(9)11(14)15/h8-10H,2-6H2,1H3,(H,14,15)/t9?,10-/m0/s1. The van der Waals surface area contributed by atoms with Crippen LogP contribution in [0.25, 0.3) is 0 Å². The molecule has 2 rings (SSSR count). The lowest BCUT2D eigenvalue weighted by atomic mass is 9.91. The molecule has 0 aromatic heterocycles. The topological polar surface area (TPSA) is 57.6 Å². The summed E-state index contributed by atoms with van der Waals surface area (Å²) in [6.07, 6.45) is 2.81. The van der Waals surface area contributed by atoms with Gasteiger partial charge in [0.1, 0.15) is 0 Å². The van der Waals surface area contributed by atoms with E-state index in [4.69, 9.17) is 5.11 Å². The van der Waals surface area contributed by atoms with E-state index in [1.54, 1.807) is 6.92 Å². The van der Waals surface area contributed by atoms with Crippen LogP contribution in [0.4, 0.5) is 0 Å². The molecule has 1 aliphatic heterocycles. The maximum atomic E-state index is 11.1. The number of hydrogen-bond donors (Lipinski definition) is 1. The normalized spacial score (nSPS) is 31.4. The molecule has 0 aromatic rings. The van der Waals surface area contributed by atoms with Crippen molar-refractivity contribution in [2.75, 3.05) is 13.1 Å². The highest BCUT2D eigenvalue weighted by atomic mass is 16.4. The number of hydrogen-bond acceptors (Lipinski definition) is 2. The zero-order valence-corrected chi connectivity index (χ0v) is 8.98. The Balaban J connectivity index is 1.80. The number of likely N-dealkylation sites (tertiary alicyclic amines) is 1. The van der Waals surface area contributed by atoms with E-state index in [-0.39, 0.29) is 11.8 Å². The minimum atomic E-state index is -0.644. The van der Waals surface area contributed by atoms with E-state index in [1.165, 1.54) is 0 Å². The van der Waals surface area contributed by atoms with Gasteiger partial charge in [-0.2, -0.15) is 0 Å². The van der Waals surface area contributed by atoms with Crippen molar-refractivity contribution < 1.29 is 14.7 Å². The van der Waals surface area contributed by atoms with Crippen molar-refractivity contribution in [3.8, 4) is 0 Å². The molecule has 4 nitrogen and oxygen atoms in total. The third-order valence-corrected chi connectivity index (χ3v) is 3.75. The predicted octanol–water partition coefficient (Wildman–Crippen LogP) is 0.966. The molecule has 0 aromatic carbocycles. The second-order valence-corrected chi connectivity index (χ2v) is 4.69. The van der Waals surface area contributed by atoms with Crippen LogP contribution in [0.2, 0.25) is 0 Å². The average molecular weight is 211 g/mol. The fourth-order valence-electron chi connectivity index (χ4n) is 2.66. The summed E-state index contributed by atoms with van der Waals surface area (Å²) < 4.78 is 0. The molecule has 0 radical (unpaired) electrons. The third kappa shape index (κ3) is 2.13. The van der Waals surface area contributed by atoms with E-state index in [0.29, 0.717) is 11.8 Å². The summed E-state index contributed by atoms with van der Waals surface area (Å²) in [6, 6.07) is 0. The minimum Gasteiger partial charge on any atom is -0.481 e. The molecule has 1 amide bonds. The van der Waals surface area contributed by atoms with Crippen molar-refractivity contribution in [2.45, 2.75) is 26.2 Å². The smallest absolute Gasteiger partial charge is 0.306 e. The van der Waals surface area contributed by atoms with Gasteiger partial charge in [-0.05, 0) is 31.1 Å². The lowest BCUT2D eigenvalue weighted by Gasteiger charge is -2.31. The molecule has 15 heavy (non-hydrogen) atoms. The second-order valence-electron chi connectivity index (χ2n) is 4.69. The number of carbonyl (C=O) groups is 2. The molecule has 2 fully saturated rings. The molecule has 1 aliphatic carbocycles. The Labute approximate surface area is 89.3 Å². The lowest BCUT2D eigenvalue weighted by Crippen LogP contribution is -2.37. The number of amides is 1. The fraction of sp³-hybridized carbons (Fsp3) is 0.818. The predicted molar refractivity (Wildman–Crippen MR) is 54.2 cm³/mol. The zero-order valence-electron chi connectivity index (χ0n) is 8.98. The van der Waals surface area contributed by atoms with Crippen molar-refractivity contribution in [3.63, 3.8) is 0 Å². The first-order valence-corrected chi connectivity index (χ1v) is 5.58. The van der Waals surface area contributed by atoms with Gasteiger partial charge in [-0.1, -0.05) is 0 Å². The fourth-order valence-corrected chi connectivity index (χ4v) is 2.66. The summed E-state index contributed by atoms with van der Waals surface area (Å²) in [5, 5.41) is 8.83. The Morgan fingerprint density at radius 1 is 1.27 bits per heavy atom. The number of rotatable bonds is 2. The molecule has 1 unspecified atom stereocenters. The first kappa shape index (κ1) is 10.5. The largest absolute Gasteiger partial charge is 0.481 e. The van der Waals surface area contributed by atoms with Gasteiger partial charge in [-0.3, -0.25) is 9.59 Å². The minimum absolute atomic E-state index is 0.0983. The number of aliphatic carboxylic acids is 1. The highest BCUT2D eigenvalue weighted by Crippen LogP contribution is 2.47. The van der Waals surface area contributed by atoms with Gasteiger partial charge in [0.2, 0.25) is 5.91 Å². The molecule has 1 heterocycles. The van der Waals surface area contributed by atoms with Crippen molar-refractivity contribution in [2.24, 2.45) is 17.8 Å². The Bertz CT molecular complexity index is 282. The summed E-state index contributed by atoms with van der Waals surface area (Å²) >= 11 is 0. The molecule has 4 heteroatoms. The monoisotopic (exact) mass is 211 g/mol. The van der Waals surface area contributed by atoms with Crippen LogP contribution in [-0.2, 0) is 9.59 Å². The van der Waals surface area contributed by atoms with Crippen molar-refractivity contribution >= 4 is 11.9 Å². The SMILES string of the molecule is CC(=O)N1CCC(C2C[C@@H]2C(=O)O)CC1. The van der Waals surface area contributed by atoms with E-state index < -0.39 is 5.97 Å². The quantitative estimate of drug-likeness (QED) is 0.740. The van der Waals surface area contributed by atoms with Gasteiger partial charge in [-0.25, -0.2) is 0 Å². The van der Waals surface area contributed by atoms with Crippen LogP contribution < -0.4 is 0 Å². The van der Waals surface area contributed by atoms with E-state index in [9.17, 15) is 9.59 Å². The van der Waals surface area contributed by atoms with Gasteiger partial charge in [0.15, 0.2) is 0 Å². The number of carboxylic acids is 1. The summed E-state index contributed by atoms with van der Waals surface area (Å²) in [5.74, 6) is 0.310. The van der Waals surface area contributed by atoms with E-state index in [0.717, 1.165) is 32.4 Å². The van der Waals surface area contributed by atoms with Crippen LogP contribution in [-0.4, -0.2) is 35.0 Å². The van der Waals surface area contributed by atoms with Crippen LogP contribution >= 0.6 is 0 Å².